The van der Waals surface area contributed by atoms with Crippen LogP contribution in [0.1, 0.15) is 24.3 Å². The van der Waals surface area contributed by atoms with Crippen molar-refractivity contribution in [3.63, 3.8) is 0 Å². The summed E-state index contributed by atoms with van der Waals surface area (Å²) in [6, 6.07) is 4.15. The summed E-state index contributed by atoms with van der Waals surface area (Å²) in [6.07, 6.45) is 1.14. The quantitative estimate of drug-likeness (QED) is 0.859. The summed E-state index contributed by atoms with van der Waals surface area (Å²) in [4.78, 5) is 1.22. The van der Waals surface area contributed by atoms with Gasteiger partial charge in [-0.25, -0.2) is 0 Å². The Labute approximate surface area is 101 Å². The zero-order chi connectivity index (χ0) is 11.4. The first kappa shape index (κ1) is 12.0. The zero-order valence-electron chi connectivity index (χ0n) is 9.59. The molecule has 90 valence electrons. The topological polar surface area (TPSA) is 44.5 Å². The molecule has 16 heavy (non-hydrogen) atoms. The first-order valence-electron chi connectivity index (χ1n) is 5.75. The van der Waals surface area contributed by atoms with Gasteiger partial charge in [0, 0.05) is 23.4 Å². The zero-order valence-corrected chi connectivity index (χ0v) is 10.4. The first-order chi connectivity index (χ1) is 7.77. The third kappa shape index (κ3) is 3.04. The maximum atomic E-state index is 5.96. The van der Waals surface area contributed by atoms with Gasteiger partial charge in [-0.05, 0) is 24.8 Å². The number of rotatable bonds is 5. The van der Waals surface area contributed by atoms with Crippen LogP contribution in [-0.4, -0.2) is 25.9 Å². The molecule has 3 nitrogen and oxygen atoms in total. The van der Waals surface area contributed by atoms with E-state index in [0.29, 0.717) is 5.92 Å². The van der Waals surface area contributed by atoms with Gasteiger partial charge in [-0.2, -0.15) is 0 Å². The number of nitrogens with two attached hydrogens (primary N) is 1. The van der Waals surface area contributed by atoms with Crippen LogP contribution in [0.5, 0.6) is 0 Å². The van der Waals surface area contributed by atoms with Crippen LogP contribution >= 0.6 is 11.3 Å². The number of hydrogen-bond acceptors (Lipinski definition) is 4. The third-order valence-electron chi connectivity index (χ3n) is 2.84. The minimum Gasteiger partial charge on any atom is -0.381 e. The Morgan fingerprint density at radius 1 is 1.69 bits per heavy atom. The molecule has 4 heteroatoms. The molecule has 0 aromatic carbocycles. The summed E-state index contributed by atoms with van der Waals surface area (Å²) >= 11 is 1.71. The Morgan fingerprint density at radius 3 is 3.12 bits per heavy atom. The van der Waals surface area contributed by atoms with E-state index in [1.807, 2.05) is 13.0 Å². The van der Waals surface area contributed by atoms with Crippen molar-refractivity contribution in [2.75, 3.05) is 19.8 Å². The van der Waals surface area contributed by atoms with Crippen molar-refractivity contribution >= 4 is 11.3 Å². The molecule has 0 saturated carbocycles. The lowest BCUT2D eigenvalue weighted by Crippen LogP contribution is -2.28. The maximum Gasteiger partial charge on any atom is 0.106 e. The molecule has 1 aliphatic heterocycles. The van der Waals surface area contributed by atoms with E-state index in [4.69, 9.17) is 15.2 Å². The van der Waals surface area contributed by atoms with Crippen molar-refractivity contribution in [2.24, 2.45) is 11.7 Å². The van der Waals surface area contributed by atoms with E-state index in [1.54, 1.807) is 11.3 Å². The number of ether oxygens (including phenoxy) is 2. The minimum atomic E-state index is 0.0283. The van der Waals surface area contributed by atoms with Gasteiger partial charge in [0.05, 0.1) is 13.2 Å². The summed E-state index contributed by atoms with van der Waals surface area (Å²) < 4.78 is 11.3. The molecule has 0 radical (unpaired) electrons. The Kier molecular flexibility index (Phi) is 4.35. The molecule has 1 fully saturated rings. The summed E-state index contributed by atoms with van der Waals surface area (Å²) in [5.74, 6) is 0.543. The number of hydrogen-bond donors (Lipinski definition) is 1. The molecule has 0 amide bonds. The van der Waals surface area contributed by atoms with Crippen LogP contribution in [0.4, 0.5) is 0 Å². The molecule has 2 heterocycles. The largest absolute Gasteiger partial charge is 0.381 e. The molecule has 3 atom stereocenters. The lowest BCUT2D eigenvalue weighted by Gasteiger charge is -2.21. The highest BCUT2D eigenvalue weighted by Gasteiger charge is 2.22. The van der Waals surface area contributed by atoms with Crippen LogP contribution in [0.2, 0.25) is 0 Å². The predicted octanol–water partition coefficient (Wildman–Crippen LogP) is 2.19. The normalized spacial score (nSPS) is 24.5. The van der Waals surface area contributed by atoms with Crippen molar-refractivity contribution in [3.8, 4) is 0 Å². The van der Waals surface area contributed by atoms with E-state index in [2.05, 4.69) is 11.4 Å². The second kappa shape index (κ2) is 5.77. The van der Waals surface area contributed by atoms with Gasteiger partial charge in [-0.15, -0.1) is 11.3 Å². The minimum absolute atomic E-state index is 0.0283. The fourth-order valence-electron chi connectivity index (χ4n) is 1.90. The molecule has 0 bridgehead atoms. The van der Waals surface area contributed by atoms with E-state index in [1.165, 1.54) is 4.88 Å². The SMILES string of the molecule is CC(N)C(OCC1CCOC1)c1cccs1. The van der Waals surface area contributed by atoms with Gasteiger partial charge < -0.3 is 15.2 Å². The van der Waals surface area contributed by atoms with Crippen LogP contribution < -0.4 is 5.73 Å². The van der Waals surface area contributed by atoms with Crippen molar-refractivity contribution in [3.05, 3.63) is 22.4 Å². The van der Waals surface area contributed by atoms with Gasteiger partial charge in [-0.3, -0.25) is 0 Å². The lowest BCUT2D eigenvalue weighted by molar-refractivity contribution is 0.0155. The van der Waals surface area contributed by atoms with E-state index < -0.39 is 0 Å². The maximum absolute atomic E-state index is 5.96. The van der Waals surface area contributed by atoms with Crippen molar-refractivity contribution in [2.45, 2.75) is 25.5 Å². The van der Waals surface area contributed by atoms with Gasteiger partial charge in [0.25, 0.3) is 0 Å². The summed E-state index contributed by atoms with van der Waals surface area (Å²) in [5.41, 5.74) is 5.96. The Morgan fingerprint density at radius 2 is 2.56 bits per heavy atom. The smallest absolute Gasteiger partial charge is 0.106 e. The Balaban J connectivity index is 1.88. The van der Waals surface area contributed by atoms with Crippen molar-refractivity contribution in [1.82, 2.24) is 0 Å². The molecule has 1 saturated heterocycles. The molecule has 1 aromatic rings. The van der Waals surface area contributed by atoms with E-state index in [-0.39, 0.29) is 12.1 Å². The average molecular weight is 241 g/mol. The van der Waals surface area contributed by atoms with E-state index >= 15 is 0 Å². The second-order valence-electron chi connectivity index (χ2n) is 4.36. The van der Waals surface area contributed by atoms with Crippen molar-refractivity contribution in [1.29, 1.82) is 0 Å². The summed E-state index contributed by atoms with van der Waals surface area (Å²) in [6.45, 7) is 4.45. The average Bonchev–Trinajstić information content (AvgIpc) is 2.88. The van der Waals surface area contributed by atoms with Gasteiger partial charge in [0.1, 0.15) is 6.10 Å². The van der Waals surface area contributed by atoms with Crippen LogP contribution in [0, 0.1) is 5.92 Å². The third-order valence-corrected chi connectivity index (χ3v) is 3.77. The molecule has 2 N–H and O–H groups in total. The fraction of sp³-hybridized carbons (Fsp3) is 0.667. The first-order valence-corrected chi connectivity index (χ1v) is 6.63. The monoisotopic (exact) mass is 241 g/mol. The standard InChI is InChI=1S/C12H19NO2S/c1-9(13)12(11-3-2-6-16-11)15-8-10-4-5-14-7-10/h2-3,6,9-10,12H,4-5,7-8,13H2,1H3. The highest BCUT2D eigenvalue weighted by atomic mass is 32.1. The highest BCUT2D eigenvalue weighted by molar-refractivity contribution is 7.10. The highest BCUT2D eigenvalue weighted by Crippen LogP contribution is 2.26. The molecule has 0 aliphatic carbocycles. The van der Waals surface area contributed by atoms with E-state index in [0.717, 1.165) is 26.2 Å². The van der Waals surface area contributed by atoms with Crippen molar-refractivity contribution < 1.29 is 9.47 Å². The summed E-state index contributed by atoms with van der Waals surface area (Å²) in [5, 5.41) is 2.06. The van der Waals surface area contributed by atoms with Crippen LogP contribution in [0.15, 0.2) is 17.5 Å². The Bertz CT molecular complexity index is 294. The number of thiophene rings is 1. The van der Waals surface area contributed by atoms with Crippen LogP contribution in [0.3, 0.4) is 0 Å². The van der Waals surface area contributed by atoms with E-state index in [9.17, 15) is 0 Å². The summed E-state index contributed by atoms with van der Waals surface area (Å²) in [7, 11) is 0. The van der Waals surface area contributed by atoms with Crippen LogP contribution in [-0.2, 0) is 9.47 Å². The van der Waals surface area contributed by atoms with Gasteiger partial charge in [-0.1, -0.05) is 6.07 Å². The fourth-order valence-corrected chi connectivity index (χ4v) is 2.79. The van der Waals surface area contributed by atoms with Gasteiger partial charge >= 0.3 is 0 Å². The molecule has 1 aromatic heterocycles. The van der Waals surface area contributed by atoms with Crippen LogP contribution in [0.25, 0.3) is 0 Å². The molecule has 3 unspecified atom stereocenters. The lowest BCUT2D eigenvalue weighted by atomic mass is 10.1. The molecule has 0 spiro atoms. The Hall–Kier alpha value is -0.420. The molecular formula is C12H19NO2S. The van der Waals surface area contributed by atoms with Gasteiger partial charge in [0.2, 0.25) is 0 Å². The molecular weight excluding hydrogens is 222 g/mol. The van der Waals surface area contributed by atoms with Gasteiger partial charge in [0.15, 0.2) is 0 Å². The predicted molar refractivity (Wildman–Crippen MR) is 65.6 cm³/mol. The molecule has 2 rings (SSSR count). The second-order valence-corrected chi connectivity index (χ2v) is 5.34. The molecule has 1 aliphatic rings.